The van der Waals surface area contributed by atoms with E-state index in [2.05, 4.69) is 0 Å². The van der Waals surface area contributed by atoms with Crippen LogP contribution < -0.4 is 4.90 Å². The lowest BCUT2D eigenvalue weighted by molar-refractivity contribution is -0.384. The van der Waals surface area contributed by atoms with Gasteiger partial charge < -0.3 is 5.11 Å². The summed E-state index contributed by atoms with van der Waals surface area (Å²) in [7, 11) is 0. The van der Waals surface area contributed by atoms with Crippen LogP contribution in [0, 0.1) is 17.0 Å². The number of non-ortho nitro benzene ring substituents is 1. The molecule has 3 aromatic carbocycles. The highest BCUT2D eigenvalue weighted by molar-refractivity contribution is 6.23. The molecule has 4 rings (SSSR count). The predicted octanol–water partition coefficient (Wildman–Crippen LogP) is 5.08. The third-order valence-corrected chi connectivity index (χ3v) is 4.86. The minimum Gasteiger partial charge on any atom is -0.508 e. The maximum Gasteiger partial charge on any atom is 0.269 e. The quantitative estimate of drug-likeness (QED) is 0.377. The van der Waals surface area contributed by atoms with Gasteiger partial charge in [-0.05, 0) is 66.6 Å². The van der Waals surface area contributed by atoms with Crippen molar-refractivity contribution in [3.05, 3.63) is 111 Å². The van der Waals surface area contributed by atoms with Crippen LogP contribution in [0.25, 0.3) is 11.8 Å². The van der Waals surface area contributed by atoms with Crippen LogP contribution in [0.15, 0.2) is 84.4 Å². The first kappa shape index (κ1) is 19.1. The monoisotopic (exact) mass is 398 g/mol. The number of phenolic OH excluding ortho intramolecular Hbond substituents is 1. The normalized spacial score (nSPS) is 14.8. The molecule has 1 N–H and O–H groups in total. The molecule has 148 valence electrons. The van der Waals surface area contributed by atoms with Crippen molar-refractivity contribution >= 4 is 29.1 Å². The van der Waals surface area contributed by atoms with Crippen molar-refractivity contribution in [2.75, 3.05) is 4.90 Å². The number of hydrogen-bond donors (Lipinski definition) is 1. The highest BCUT2D eigenvalue weighted by Gasteiger charge is 2.30. The number of anilines is 1. The van der Waals surface area contributed by atoms with Crippen molar-refractivity contribution in [3.8, 4) is 5.75 Å². The second-order valence-electron chi connectivity index (χ2n) is 7.00. The van der Waals surface area contributed by atoms with Crippen molar-refractivity contribution in [1.29, 1.82) is 0 Å². The molecule has 0 bridgehead atoms. The number of carbonyl (C=O) groups is 1. The van der Waals surface area contributed by atoms with Gasteiger partial charge in [-0.1, -0.05) is 29.8 Å². The molecular weight excluding hydrogens is 380 g/mol. The minimum atomic E-state index is -0.459. The van der Waals surface area contributed by atoms with Crippen LogP contribution in [0.2, 0.25) is 0 Å². The Morgan fingerprint density at radius 3 is 2.17 bits per heavy atom. The first-order chi connectivity index (χ1) is 14.4. The van der Waals surface area contributed by atoms with E-state index in [9.17, 15) is 20.0 Å². The fraction of sp³-hybridized carbons (Fsp3) is 0.0417. The first-order valence-corrected chi connectivity index (χ1v) is 9.31. The number of benzene rings is 3. The van der Waals surface area contributed by atoms with Gasteiger partial charge in [0.2, 0.25) is 0 Å². The highest BCUT2D eigenvalue weighted by atomic mass is 16.6. The number of amides is 1. The molecule has 6 nitrogen and oxygen atoms in total. The van der Waals surface area contributed by atoms with Crippen LogP contribution in [0.3, 0.4) is 0 Å². The summed E-state index contributed by atoms with van der Waals surface area (Å²) in [6.45, 7) is 2.00. The summed E-state index contributed by atoms with van der Waals surface area (Å²) >= 11 is 0. The van der Waals surface area contributed by atoms with Crippen LogP contribution >= 0.6 is 0 Å². The molecule has 1 aliphatic rings. The SMILES string of the molecule is Cc1ccc(C2=C/C(=C\c3ccc([N+](=O)[O-])cc3)C(=O)N2c2ccc(O)cc2)cc1. The molecule has 3 aromatic rings. The van der Waals surface area contributed by atoms with Crippen LogP contribution in [-0.2, 0) is 4.79 Å². The van der Waals surface area contributed by atoms with E-state index >= 15 is 0 Å². The summed E-state index contributed by atoms with van der Waals surface area (Å²) < 4.78 is 0. The molecule has 0 fully saturated rings. The molecule has 0 spiro atoms. The fourth-order valence-electron chi connectivity index (χ4n) is 3.28. The number of carbonyl (C=O) groups excluding carboxylic acids is 1. The van der Waals surface area contributed by atoms with Gasteiger partial charge in [-0.3, -0.25) is 19.8 Å². The van der Waals surface area contributed by atoms with Crippen LogP contribution in [0.1, 0.15) is 16.7 Å². The molecule has 1 heterocycles. The van der Waals surface area contributed by atoms with E-state index in [1.165, 1.54) is 24.3 Å². The van der Waals surface area contributed by atoms with Gasteiger partial charge in [0.15, 0.2) is 0 Å². The lowest BCUT2D eigenvalue weighted by atomic mass is 10.1. The summed E-state index contributed by atoms with van der Waals surface area (Å²) in [5, 5.41) is 20.5. The molecule has 30 heavy (non-hydrogen) atoms. The van der Waals surface area contributed by atoms with E-state index in [1.807, 2.05) is 31.2 Å². The van der Waals surface area contributed by atoms with Crippen LogP contribution in [0.4, 0.5) is 11.4 Å². The number of rotatable bonds is 4. The second-order valence-corrected chi connectivity index (χ2v) is 7.00. The molecular formula is C24H18N2O4. The number of aryl methyl sites for hydroxylation is 1. The topological polar surface area (TPSA) is 83.7 Å². The Bertz CT molecular complexity index is 1180. The number of hydrogen-bond acceptors (Lipinski definition) is 4. The number of nitro groups is 1. The van der Waals surface area contributed by atoms with Gasteiger partial charge in [0.05, 0.1) is 10.6 Å². The lowest BCUT2D eigenvalue weighted by Gasteiger charge is -2.21. The number of aromatic hydroxyl groups is 1. The Balaban J connectivity index is 1.78. The molecule has 1 aliphatic heterocycles. The van der Waals surface area contributed by atoms with Gasteiger partial charge in [-0.2, -0.15) is 0 Å². The van der Waals surface area contributed by atoms with E-state index in [0.717, 1.165) is 16.8 Å². The summed E-state index contributed by atoms with van der Waals surface area (Å²) in [5.41, 5.74) is 4.51. The third-order valence-electron chi connectivity index (χ3n) is 4.86. The Labute approximate surface area is 173 Å². The predicted molar refractivity (Wildman–Crippen MR) is 116 cm³/mol. The zero-order valence-electron chi connectivity index (χ0n) is 16.1. The zero-order valence-corrected chi connectivity index (χ0v) is 16.1. The van der Waals surface area contributed by atoms with Gasteiger partial charge >= 0.3 is 0 Å². The van der Waals surface area contributed by atoms with Crippen molar-refractivity contribution < 1.29 is 14.8 Å². The molecule has 1 amide bonds. The van der Waals surface area contributed by atoms with Gasteiger partial charge in [0, 0.05) is 23.4 Å². The highest BCUT2D eigenvalue weighted by Crippen LogP contribution is 2.36. The maximum absolute atomic E-state index is 13.3. The molecule has 0 aromatic heterocycles. The van der Waals surface area contributed by atoms with Crippen molar-refractivity contribution in [2.45, 2.75) is 6.92 Å². The van der Waals surface area contributed by atoms with E-state index in [1.54, 1.807) is 41.3 Å². The molecule has 0 unspecified atom stereocenters. The summed E-state index contributed by atoms with van der Waals surface area (Å²) in [4.78, 5) is 25.3. The molecule has 6 heteroatoms. The van der Waals surface area contributed by atoms with Gasteiger partial charge in [0.1, 0.15) is 5.75 Å². The van der Waals surface area contributed by atoms with E-state index < -0.39 is 4.92 Å². The molecule has 0 saturated heterocycles. The minimum absolute atomic E-state index is 0.00324. The molecule has 0 aliphatic carbocycles. The number of nitro benzene ring substituents is 1. The van der Waals surface area contributed by atoms with Crippen molar-refractivity contribution in [3.63, 3.8) is 0 Å². The zero-order chi connectivity index (χ0) is 21.3. The van der Waals surface area contributed by atoms with E-state index in [0.29, 0.717) is 16.8 Å². The standard InChI is InChI=1S/C24H18N2O4/c1-16-2-6-18(7-3-16)23-15-19(14-17-4-8-21(9-5-17)26(29)30)24(28)25(23)20-10-12-22(27)13-11-20/h2-15,27H,1H3/b19-14+. The second kappa shape index (κ2) is 7.67. The van der Waals surface area contributed by atoms with Gasteiger partial charge in [-0.25, -0.2) is 0 Å². The molecule has 0 atom stereocenters. The van der Waals surface area contributed by atoms with Crippen LogP contribution in [-0.4, -0.2) is 15.9 Å². The summed E-state index contributed by atoms with van der Waals surface area (Å²) in [5.74, 6) is -0.0949. The third kappa shape index (κ3) is 3.71. The Morgan fingerprint density at radius 2 is 1.57 bits per heavy atom. The summed E-state index contributed by atoms with van der Waals surface area (Å²) in [6.07, 6.45) is 3.52. The number of phenols is 1. The lowest BCUT2D eigenvalue weighted by Crippen LogP contribution is -2.24. The number of nitrogens with zero attached hydrogens (tertiary/aromatic N) is 2. The largest absolute Gasteiger partial charge is 0.508 e. The smallest absolute Gasteiger partial charge is 0.269 e. The average Bonchev–Trinajstić information content (AvgIpc) is 3.06. The molecule has 0 saturated carbocycles. The van der Waals surface area contributed by atoms with Crippen molar-refractivity contribution in [2.24, 2.45) is 0 Å². The van der Waals surface area contributed by atoms with Gasteiger partial charge in [0.25, 0.3) is 11.6 Å². The van der Waals surface area contributed by atoms with Crippen molar-refractivity contribution in [1.82, 2.24) is 0 Å². The van der Waals surface area contributed by atoms with Crippen LogP contribution in [0.5, 0.6) is 5.75 Å². The van der Waals surface area contributed by atoms with E-state index in [-0.39, 0.29) is 17.3 Å². The first-order valence-electron chi connectivity index (χ1n) is 9.31. The summed E-state index contributed by atoms with van der Waals surface area (Å²) in [6, 6.07) is 20.4. The molecule has 0 radical (unpaired) electrons. The Hall–Kier alpha value is -4.19. The Morgan fingerprint density at radius 1 is 0.933 bits per heavy atom. The van der Waals surface area contributed by atoms with Gasteiger partial charge in [-0.15, -0.1) is 0 Å². The Kier molecular flexibility index (Phi) is 4.90. The average molecular weight is 398 g/mol. The fourth-order valence-corrected chi connectivity index (χ4v) is 3.28. The van der Waals surface area contributed by atoms with E-state index in [4.69, 9.17) is 0 Å². The maximum atomic E-state index is 13.3.